The van der Waals surface area contributed by atoms with Crippen molar-refractivity contribution in [3.63, 3.8) is 0 Å². The van der Waals surface area contributed by atoms with Gasteiger partial charge in [-0.15, -0.1) is 11.8 Å². The molecule has 16 heavy (non-hydrogen) atoms. The van der Waals surface area contributed by atoms with Crippen LogP contribution >= 0.6 is 27.7 Å². The van der Waals surface area contributed by atoms with Crippen LogP contribution in [0, 0.1) is 0 Å². The third kappa shape index (κ3) is 5.87. The van der Waals surface area contributed by atoms with Crippen LogP contribution in [-0.2, 0) is 0 Å². The van der Waals surface area contributed by atoms with Crippen molar-refractivity contribution >= 4 is 27.7 Å². The summed E-state index contributed by atoms with van der Waals surface area (Å²) in [5.41, 5.74) is 0. The smallest absolute Gasteiger partial charge is 0.0963 e. The first-order chi connectivity index (χ1) is 7.72. The van der Waals surface area contributed by atoms with Gasteiger partial charge >= 0.3 is 0 Å². The molecule has 0 radical (unpaired) electrons. The Hall–Kier alpha value is -0.0600. The highest BCUT2D eigenvalue weighted by Crippen LogP contribution is 2.21. The van der Waals surface area contributed by atoms with Crippen molar-refractivity contribution in [2.45, 2.75) is 37.0 Å². The summed E-state index contributed by atoms with van der Waals surface area (Å²) in [6.07, 6.45) is 4.36. The second kappa shape index (κ2) is 8.09. The highest BCUT2D eigenvalue weighted by Gasteiger charge is 2.04. The fraction of sp³-hybridized carbons (Fsp3) is 0.583. The third-order valence-electron chi connectivity index (χ3n) is 2.16. The molecule has 1 heterocycles. The molecule has 0 aliphatic rings. The Kier molecular flexibility index (Phi) is 7.08. The minimum absolute atomic E-state index is 0.561. The lowest BCUT2D eigenvalue weighted by Crippen LogP contribution is -2.23. The van der Waals surface area contributed by atoms with Crippen LogP contribution in [0.4, 0.5) is 0 Å². The van der Waals surface area contributed by atoms with Gasteiger partial charge in [-0.05, 0) is 41.0 Å². The second-order valence-corrected chi connectivity index (χ2v) is 6.18. The van der Waals surface area contributed by atoms with E-state index in [1.165, 1.54) is 12.8 Å². The molecule has 0 aliphatic heterocycles. The van der Waals surface area contributed by atoms with Crippen molar-refractivity contribution in [3.05, 3.63) is 22.8 Å². The number of pyridine rings is 1. The fourth-order valence-electron chi connectivity index (χ4n) is 1.29. The van der Waals surface area contributed by atoms with Crippen molar-refractivity contribution < 1.29 is 0 Å². The molecule has 4 heteroatoms. The predicted octanol–water partition coefficient (Wildman–Crippen LogP) is 3.71. The highest BCUT2D eigenvalue weighted by molar-refractivity contribution is 9.10. The molecule has 1 N–H and O–H groups in total. The number of unbranched alkanes of at least 4 members (excludes halogenated alkanes) is 1. The molecule has 2 nitrogen and oxygen atoms in total. The van der Waals surface area contributed by atoms with Crippen molar-refractivity contribution in [1.29, 1.82) is 0 Å². The van der Waals surface area contributed by atoms with Gasteiger partial charge in [0.2, 0.25) is 0 Å². The van der Waals surface area contributed by atoms with Crippen LogP contribution in [0.1, 0.15) is 26.7 Å². The Morgan fingerprint density at radius 2 is 2.31 bits per heavy atom. The number of aromatic nitrogens is 1. The van der Waals surface area contributed by atoms with E-state index in [4.69, 9.17) is 0 Å². The molecule has 1 unspecified atom stereocenters. The monoisotopic (exact) mass is 302 g/mol. The van der Waals surface area contributed by atoms with Crippen molar-refractivity contribution in [2.24, 2.45) is 0 Å². The summed E-state index contributed by atoms with van der Waals surface area (Å²) in [6, 6.07) is 4.09. The van der Waals surface area contributed by atoms with Crippen LogP contribution in [0.2, 0.25) is 0 Å². The third-order valence-corrected chi connectivity index (χ3v) is 3.68. The van der Waals surface area contributed by atoms with E-state index in [0.29, 0.717) is 5.25 Å². The topological polar surface area (TPSA) is 24.9 Å². The van der Waals surface area contributed by atoms with Crippen LogP contribution < -0.4 is 5.32 Å². The molecular weight excluding hydrogens is 284 g/mol. The van der Waals surface area contributed by atoms with E-state index in [-0.39, 0.29) is 0 Å². The number of thioether (sulfide) groups is 1. The van der Waals surface area contributed by atoms with Crippen molar-refractivity contribution in [2.75, 3.05) is 13.1 Å². The average molecular weight is 303 g/mol. The molecule has 0 saturated carbocycles. The van der Waals surface area contributed by atoms with E-state index < -0.39 is 0 Å². The Balaban J connectivity index is 2.23. The lowest BCUT2D eigenvalue weighted by molar-refractivity contribution is 0.638. The van der Waals surface area contributed by atoms with Gasteiger partial charge in [-0.25, -0.2) is 4.98 Å². The van der Waals surface area contributed by atoms with Gasteiger partial charge < -0.3 is 5.32 Å². The second-order valence-electron chi connectivity index (χ2n) is 3.80. The van der Waals surface area contributed by atoms with Crippen LogP contribution in [0.5, 0.6) is 0 Å². The van der Waals surface area contributed by atoms with Gasteiger partial charge in [-0.1, -0.05) is 20.3 Å². The Bertz CT molecular complexity index is 290. The molecule has 1 atom stereocenters. The van der Waals surface area contributed by atoms with Gasteiger partial charge in [0.15, 0.2) is 0 Å². The van der Waals surface area contributed by atoms with E-state index in [1.54, 1.807) is 0 Å². The first-order valence-corrected chi connectivity index (χ1v) is 7.38. The largest absolute Gasteiger partial charge is 0.316 e. The number of nitrogens with one attached hydrogen (secondary N) is 1. The lowest BCUT2D eigenvalue weighted by atomic mass is 10.3. The van der Waals surface area contributed by atoms with E-state index in [9.17, 15) is 0 Å². The molecule has 0 aromatic carbocycles. The molecule has 0 amide bonds. The summed E-state index contributed by atoms with van der Waals surface area (Å²) in [5.74, 6) is 0. The number of rotatable bonds is 7. The summed E-state index contributed by atoms with van der Waals surface area (Å²) in [7, 11) is 0. The molecule has 0 saturated heterocycles. The van der Waals surface area contributed by atoms with E-state index in [2.05, 4.69) is 46.1 Å². The highest BCUT2D eigenvalue weighted by atomic mass is 79.9. The molecule has 90 valence electrons. The molecule has 0 aliphatic carbocycles. The summed E-state index contributed by atoms with van der Waals surface area (Å²) in [4.78, 5) is 4.35. The van der Waals surface area contributed by atoms with Crippen LogP contribution in [0.25, 0.3) is 0 Å². The Morgan fingerprint density at radius 3 is 2.94 bits per heavy atom. The number of hydrogen-bond donors (Lipinski definition) is 1. The van der Waals surface area contributed by atoms with Gasteiger partial charge in [-0.2, -0.15) is 0 Å². The number of hydrogen-bond acceptors (Lipinski definition) is 3. The number of halogens is 1. The van der Waals surface area contributed by atoms with Crippen molar-refractivity contribution in [3.8, 4) is 0 Å². The summed E-state index contributed by atoms with van der Waals surface area (Å²) in [5, 5.41) is 5.11. The predicted molar refractivity (Wildman–Crippen MR) is 75.0 cm³/mol. The Morgan fingerprint density at radius 1 is 1.50 bits per heavy atom. The van der Waals surface area contributed by atoms with Gasteiger partial charge in [0.05, 0.1) is 5.03 Å². The van der Waals surface area contributed by atoms with Gasteiger partial charge in [-0.3, -0.25) is 0 Å². The normalized spacial score (nSPS) is 12.7. The van der Waals surface area contributed by atoms with E-state index in [1.807, 2.05) is 24.0 Å². The molecule has 1 aromatic heterocycles. The summed E-state index contributed by atoms with van der Waals surface area (Å²) >= 11 is 5.20. The van der Waals surface area contributed by atoms with E-state index >= 15 is 0 Å². The molecular formula is C12H19BrN2S. The maximum atomic E-state index is 4.35. The van der Waals surface area contributed by atoms with Gasteiger partial charge in [0.1, 0.15) is 0 Å². The quantitative estimate of drug-likeness (QED) is 0.614. The maximum Gasteiger partial charge on any atom is 0.0963 e. The van der Waals surface area contributed by atoms with Crippen LogP contribution in [0.15, 0.2) is 27.8 Å². The number of nitrogens with zero attached hydrogens (tertiary/aromatic N) is 1. The first-order valence-electron chi connectivity index (χ1n) is 5.71. The lowest BCUT2D eigenvalue weighted by Gasteiger charge is -2.11. The first kappa shape index (κ1) is 14.0. The standard InChI is InChI=1S/C12H19BrN2S/c1-3-4-7-14-8-10(2)16-12-6-5-11(13)9-15-12/h5-6,9-10,14H,3-4,7-8H2,1-2H3. The minimum Gasteiger partial charge on any atom is -0.316 e. The molecule has 1 aromatic rings. The average Bonchev–Trinajstić information content (AvgIpc) is 2.28. The van der Waals surface area contributed by atoms with Gasteiger partial charge in [0.25, 0.3) is 0 Å². The maximum absolute atomic E-state index is 4.35. The molecule has 0 spiro atoms. The van der Waals surface area contributed by atoms with Crippen LogP contribution in [-0.4, -0.2) is 23.3 Å². The fourth-order valence-corrected chi connectivity index (χ4v) is 2.40. The minimum atomic E-state index is 0.561. The van der Waals surface area contributed by atoms with E-state index in [0.717, 1.165) is 22.6 Å². The van der Waals surface area contributed by atoms with Gasteiger partial charge in [0, 0.05) is 22.5 Å². The zero-order valence-electron chi connectivity index (χ0n) is 9.87. The Labute approximate surface area is 111 Å². The molecule has 0 bridgehead atoms. The van der Waals surface area contributed by atoms with Crippen LogP contribution in [0.3, 0.4) is 0 Å². The summed E-state index contributed by atoms with van der Waals surface area (Å²) < 4.78 is 1.03. The molecule has 0 fully saturated rings. The zero-order valence-corrected chi connectivity index (χ0v) is 12.3. The summed E-state index contributed by atoms with van der Waals surface area (Å²) in [6.45, 7) is 6.61. The molecule has 1 rings (SSSR count). The SMILES string of the molecule is CCCCNCC(C)Sc1ccc(Br)cn1. The zero-order chi connectivity index (χ0) is 11.8. The van der Waals surface area contributed by atoms with Crippen molar-refractivity contribution in [1.82, 2.24) is 10.3 Å².